The van der Waals surface area contributed by atoms with Crippen molar-refractivity contribution in [3.8, 4) is 0 Å². The van der Waals surface area contributed by atoms with Crippen LogP contribution in [-0.2, 0) is 9.47 Å². The van der Waals surface area contributed by atoms with Gasteiger partial charge in [-0.25, -0.2) is 0 Å². The van der Waals surface area contributed by atoms with Crippen molar-refractivity contribution in [2.75, 3.05) is 26.9 Å². The molecule has 108 valence electrons. The summed E-state index contributed by atoms with van der Waals surface area (Å²) in [4.78, 5) is 0. The number of hydrogen-bond donors (Lipinski definition) is 1. The Labute approximate surface area is 121 Å². The van der Waals surface area contributed by atoms with Crippen LogP contribution in [0, 0.1) is 0 Å². The molecule has 0 aliphatic heterocycles. The first-order chi connectivity index (χ1) is 8.92. The molecule has 1 N–H and O–H groups in total. The van der Waals surface area contributed by atoms with Crippen LogP contribution >= 0.6 is 11.6 Å². The topological polar surface area (TPSA) is 30.5 Å². The summed E-state index contributed by atoms with van der Waals surface area (Å²) in [7, 11) is 1.67. The Balaban J connectivity index is 2.65. The van der Waals surface area contributed by atoms with Crippen molar-refractivity contribution in [3.05, 3.63) is 34.9 Å². The Morgan fingerprint density at radius 2 is 1.79 bits per heavy atom. The molecule has 0 aromatic heterocycles. The maximum atomic E-state index is 5.92. The summed E-state index contributed by atoms with van der Waals surface area (Å²) in [6, 6.07) is 7.79. The van der Waals surface area contributed by atoms with E-state index in [0.717, 1.165) is 17.1 Å². The fraction of sp³-hybridized carbons (Fsp3) is 0.600. The van der Waals surface area contributed by atoms with Gasteiger partial charge in [-0.3, -0.25) is 0 Å². The summed E-state index contributed by atoms with van der Waals surface area (Å²) in [6.45, 7) is 8.35. The van der Waals surface area contributed by atoms with Gasteiger partial charge < -0.3 is 14.8 Å². The predicted molar refractivity (Wildman–Crippen MR) is 79.8 cm³/mol. The summed E-state index contributed by atoms with van der Waals surface area (Å²) in [5, 5.41) is 4.20. The Kier molecular flexibility index (Phi) is 6.80. The summed E-state index contributed by atoms with van der Waals surface area (Å²) in [5.41, 5.74) is 1.19. The number of rotatable bonds is 7. The molecule has 0 spiro atoms. The second-order valence-corrected chi connectivity index (χ2v) is 5.97. The Morgan fingerprint density at radius 3 is 2.32 bits per heavy atom. The standard InChI is InChI=1S/C15H24ClNO2/c1-15(2,3)17-11-14(19-10-9-18-4)12-5-7-13(16)8-6-12/h5-8,14,17H,9-11H2,1-4H3. The molecule has 0 saturated heterocycles. The molecule has 0 heterocycles. The molecule has 0 amide bonds. The van der Waals surface area contributed by atoms with Crippen LogP contribution in [0.3, 0.4) is 0 Å². The van der Waals surface area contributed by atoms with Gasteiger partial charge in [0.1, 0.15) is 0 Å². The first-order valence-corrected chi connectivity index (χ1v) is 6.91. The molecule has 19 heavy (non-hydrogen) atoms. The highest BCUT2D eigenvalue weighted by molar-refractivity contribution is 6.30. The van der Waals surface area contributed by atoms with Gasteiger partial charge in [0.25, 0.3) is 0 Å². The molecule has 0 bridgehead atoms. The first-order valence-electron chi connectivity index (χ1n) is 6.53. The van der Waals surface area contributed by atoms with Crippen LogP contribution < -0.4 is 5.32 Å². The van der Waals surface area contributed by atoms with E-state index in [1.54, 1.807) is 7.11 Å². The zero-order valence-electron chi connectivity index (χ0n) is 12.2. The molecule has 1 aromatic rings. The van der Waals surface area contributed by atoms with Crippen LogP contribution in [0.2, 0.25) is 5.02 Å². The number of nitrogens with one attached hydrogen (secondary N) is 1. The minimum atomic E-state index is 0.00615. The molecule has 0 aliphatic carbocycles. The van der Waals surface area contributed by atoms with Gasteiger partial charge in [-0.05, 0) is 38.5 Å². The van der Waals surface area contributed by atoms with Crippen LogP contribution in [0.1, 0.15) is 32.4 Å². The third-order valence-corrected chi connectivity index (χ3v) is 2.92. The fourth-order valence-corrected chi connectivity index (χ4v) is 1.75. The lowest BCUT2D eigenvalue weighted by atomic mass is 10.1. The fourth-order valence-electron chi connectivity index (χ4n) is 1.62. The van der Waals surface area contributed by atoms with Crippen molar-refractivity contribution >= 4 is 11.6 Å². The molecular weight excluding hydrogens is 262 g/mol. The predicted octanol–water partition coefficient (Wildman–Crippen LogP) is 3.43. The van der Waals surface area contributed by atoms with Crippen LogP contribution in [0.25, 0.3) is 0 Å². The van der Waals surface area contributed by atoms with Crippen molar-refractivity contribution < 1.29 is 9.47 Å². The minimum Gasteiger partial charge on any atom is -0.382 e. The van der Waals surface area contributed by atoms with E-state index in [1.165, 1.54) is 0 Å². The van der Waals surface area contributed by atoms with Crippen LogP contribution in [-0.4, -0.2) is 32.4 Å². The molecule has 1 rings (SSSR count). The monoisotopic (exact) mass is 285 g/mol. The lowest BCUT2D eigenvalue weighted by Crippen LogP contribution is -2.39. The third kappa shape index (κ3) is 6.92. The van der Waals surface area contributed by atoms with E-state index in [-0.39, 0.29) is 11.6 Å². The number of hydrogen-bond acceptors (Lipinski definition) is 3. The van der Waals surface area contributed by atoms with Crippen molar-refractivity contribution in [2.24, 2.45) is 0 Å². The van der Waals surface area contributed by atoms with E-state index in [4.69, 9.17) is 21.1 Å². The smallest absolute Gasteiger partial charge is 0.0950 e. The lowest BCUT2D eigenvalue weighted by Gasteiger charge is -2.26. The van der Waals surface area contributed by atoms with Gasteiger partial charge in [0.05, 0.1) is 19.3 Å². The minimum absolute atomic E-state index is 0.00615. The van der Waals surface area contributed by atoms with Gasteiger partial charge in [-0.1, -0.05) is 23.7 Å². The summed E-state index contributed by atoms with van der Waals surface area (Å²) < 4.78 is 10.9. The second-order valence-electron chi connectivity index (χ2n) is 5.53. The molecule has 4 heteroatoms. The van der Waals surface area contributed by atoms with Gasteiger partial charge in [0.2, 0.25) is 0 Å². The number of benzene rings is 1. The van der Waals surface area contributed by atoms with Crippen molar-refractivity contribution in [1.82, 2.24) is 5.32 Å². The molecule has 0 radical (unpaired) electrons. The third-order valence-electron chi connectivity index (χ3n) is 2.67. The molecule has 0 saturated carbocycles. The Morgan fingerprint density at radius 1 is 1.16 bits per heavy atom. The maximum absolute atomic E-state index is 5.92. The van der Waals surface area contributed by atoms with Crippen LogP contribution in [0.5, 0.6) is 0 Å². The number of methoxy groups -OCH3 is 1. The molecule has 3 nitrogen and oxygen atoms in total. The number of ether oxygens (including phenoxy) is 2. The van der Waals surface area contributed by atoms with Crippen LogP contribution in [0.4, 0.5) is 0 Å². The number of halogens is 1. The van der Waals surface area contributed by atoms with Gasteiger partial charge >= 0.3 is 0 Å². The highest BCUT2D eigenvalue weighted by Gasteiger charge is 2.16. The van der Waals surface area contributed by atoms with Gasteiger partial charge in [0, 0.05) is 24.2 Å². The quantitative estimate of drug-likeness (QED) is 0.779. The lowest BCUT2D eigenvalue weighted by molar-refractivity contribution is 0.0139. The van der Waals surface area contributed by atoms with Gasteiger partial charge in [0.15, 0.2) is 0 Å². The zero-order valence-corrected chi connectivity index (χ0v) is 13.0. The SMILES string of the molecule is COCCOC(CNC(C)(C)C)c1ccc(Cl)cc1. The van der Waals surface area contributed by atoms with E-state index in [1.807, 2.05) is 24.3 Å². The summed E-state index contributed by atoms with van der Waals surface area (Å²) >= 11 is 5.92. The first kappa shape index (κ1) is 16.4. The normalized spacial score (nSPS) is 13.5. The average Bonchev–Trinajstić information content (AvgIpc) is 2.34. The largest absolute Gasteiger partial charge is 0.382 e. The molecular formula is C15H24ClNO2. The molecule has 0 fully saturated rings. The molecule has 1 atom stereocenters. The molecule has 1 aromatic carbocycles. The van der Waals surface area contributed by atoms with E-state index in [9.17, 15) is 0 Å². The van der Waals surface area contributed by atoms with Crippen molar-refractivity contribution in [2.45, 2.75) is 32.4 Å². The van der Waals surface area contributed by atoms with Gasteiger partial charge in [-0.15, -0.1) is 0 Å². The summed E-state index contributed by atoms with van der Waals surface area (Å²) in [5.74, 6) is 0. The molecule has 0 aliphatic rings. The van der Waals surface area contributed by atoms with E-state index < -0.39 is 0 Å². The van der Waals surface area contributed by atoms with E-state index in [2.05, 4.69) is 26.1 Å². The molecule has 1 unspecified atom stereocenters. The van der Waals surface area contributed by atoms with E-state index >= 15 is 0 Å². The Bertz CT molecular complexity index is 359. The average molecular weight is 286 g/mol. The second kappa shape index (κ2) is 7.85. The van der Waals surface area contributed by atoms with Crippen LogP contribution in [0.15, 0.2) is 24.3 Å². The van der Waals surface area contributed by atoms with Crippen molar-refractivity contribution in [3.63, 3.8) is 0 Å². The van der Waals surface area contributed by atoms with E-state index in [0.29, 0.717) is 13.2 Å². The van der Waals surface area contributed by atoms with Gasteiger partial charge in [-0.2, -0.15) is 0 Å². The Hall–Kier alpha value is -0.610. The van der Waals surface area contributed by atoms with Crippen molar-refractivity contribution in [1.29, 1.82) is 0 Å². The highest BCUT2D eigenvalue weighted by atomic mass is 35.5. The zero-order chi connectivity index (χ0) is 14.3. The maximum Gasteiger partial charge on any atom is 0.0950 e. The summed E-state index contributed by atoms with van der Waals surface area (Å²) in [6.07, 6.45) is 0.00615. The highest BCUT2D eigenvalue weighted by Crippen LogP contribution is 2.20.